The number of carbonyl (C=O) groups is 1. The third-order valence-corrected chi connectivity index (χ3v) is 3.20. The average molecular weight is 262 g/mol. The number of amides is 1. The predicted molar refractivity (Wildman–Crippen MR) is 80.1 cm³/mol. The molecule has 19 heavy (non-hydrogen) atoms. The molecule has 106 valence electrons. The summed E-state index contributed by atoms with van der Waals surface area (Å²) < 4.78 is 0. The van der Waals surface area contributed by atoms with E-state index in [4.69, 9.17) is 5.73 Å². The van der Waals surface area contributed by atoms with Crippen molar-refractivity contribution < 1.29 is 4.79 Å². The lowest BCUT2D eigenvalue weighted by atomic mass is 9.96. The third kappa shape index (κ3) is 5.43. The molecule has 0 spiro atoms. The van der Waals surface area contributed by atoms with Crippen LogP contribution in [0.1, 0.15) is 44.2 Å². The molecule has 0 saturated heterocycles. The van der Waals surface area contributed by atoms with Crippen molar-refractivity contribution in [3.05, 3.63) is 35.4 Å². The highest BCUT2D eigenvalue weighted by Crippen LogP contribution is 2.17. The molecule has 1 atom stereocenters. The lowest BCUT2D eigenvalue weighted by molar-refractivity contribution is -0.122. The number of carbonyl (C=O) groups excluding carboxylic acids is 1. The summed E-state index contributed by atoms with van der Waals surface area (Å²) in [6, 6.07) is 8.37. The minimum absolute atomic E-state index is 0.0741. The van der Waals surface area contributed by atoms with Crippen LogP contribution in [-0.4, -0.2) is 19.0 Å². The van der Waals surface area contributed by atoms with E-state index in [1.54, 1.807) is 0 Å². The van der Waals surface area contributed by atoms with Crippen LogP contribution in [0.2, 0.25) is 0 Å². The van der Waals surface area contributed by atoms with E-state index < -0.39 is 0 Å². The van der Waals surface area contributed by atoms with Crippen LogP contribution in [0.15, 0.2) is 24.3 Å². The number of hydrogen-bond donors (Lipinski definition) is 2. The fraction of sp³-hybridized carbons (Fsp3) is 0.562. The zero-order valence-corrected chi connectivity index (χ0v) is 12.3. The van der Waals surface area contributed by atoms with E-state index in [9.17, 15) is 4.79 Å². The van der Waals surface area contributed by atoms with Crippen LogP contribution >= 0.6 is 0 Å². The molecule has 0 radical (unpaired) electrons. The van der Waals surface area contributed by atoms with Gasteiger partial charge < -0.3 is 11.1 Å². The molecule has 3 N–H and O–H groups in total. The Morgan fingerprint density at radius 3 is 2.37 bits per heavy atom. The molecule has 3 heteroatoms. The monoisotopic (exact) mass is 262 g/mol. The predicted octanol–water partition coefficient (Wildman–Crippen LogP) is 2.45. The molecule has 0 fully saturated rings. The quantitative estimate of drug-likeness (QED) is 0.742. The minimum atomic E-state index is -0.106. The van der Waals surface area contributed by atoms with Crippen molar-refractivity contribution >= 4 is 5.91 Å². The molecule has 0 aliphatic rings. The first kappa shape index (κ1) is 15.7. The lowest BCUT2D eigenvalue weighted by Gasteiger charge is -2.13. The van der Waals surface area contributed by atoms with Gasteiger partial charge in [-0.05, 0) is 43.4 Å². The van der Waals surface area contributed by atoms with Gasteiger partial charge >= 0.3 is 0 Å². The molecule has 0 aliphatic heterocycles. The second-order valence-corrected chi connectivity index (χ2v) is 5.49. The standard InChI is InChI=1S/C16H26N2O/c1-12(2)11-14-5-7-15(8-6-14)13(3)16(19)18-10-4-9-17/h5-8,12-13H,4,9-11,17H2,1-3H3,(H,18,19). The first-order valence-corrected chi connectivity index (χ1v) is 7.11. The van der Waals surface area contributed by atoms with Crippen LogP contribution in [0.25, 0.3) is 0 Å². The number of nitrogens with one attached hydrogen (secondary N) is 1. The Morgan fingerprint density at radius 1 is 1.21 bits per heavy atom. The molecule has 1 amide bonds. The fourth-order valence-corrected chi connectivity index (χ4v) is 2.03. The van der Waals surface area contributed by atoms with E-state index in [1.807, 2.05) is 6.92 Å². The Hall–Kier alpha value is -1.35. The highest BCUT2D eigenvalue weighted by Gasteiger charge is 2.14. The molecular weight excluding hydrogens is 236 g/mol. The topological polar surface area (TPSA) is 55.1 Å². The van der Waals surface area contributed by atoms with Gasteiger partial charge in [-0.15, -0.1) is 0 Å². The Balaban J connectivity index is 2.56. The van der Waals surface area contributed by atoms with Gasteiger partial charge in [0.1, 0.15) is 0 Å². The van der Waals surface area contributed by atoms with Crippen molar-refractivity contribution in [3.63, 3.8) is 0 Å². The van der Waals surface area contributed by atoms with Gasteiger partial charge in [0, 0.05) is 6.54 Å². The molecule has 1 aromatic rings. The zero-order chi connectivity index (χ0) is 14.3. The Kier molecular flexibility index (Phi) is 6.57. The van der Waals surface area contributed by atoms with Crippen molar-refractivity contribution in [2.75, 3.05) is 13.1 Å². The highest BCUT2D eigenvalue weighted by atomic mass is 16.1. The van der Waals surface area contributed by atoms with Crippen LogP contribution in [0.3, 0.4) is 0 Å². The molecule has 0 aromatic heterocycles. The summed E-state index contributed by atoms with van der Waals surface area (Å²) in [6.07, 6.45) is 1.91. The van der Waals surface area contributed by atoms with Crippen molar-refractivity contribution in [3.8, 4) is 0 Å². The SMILES string of the molecule is CC(C)Cc1ccc(C(C)C(=O)NCCCN)cc1. The molecule has 1 aromatic carbocycles. The lowest BCUT2D eigenvalue weighted by Crippen LogP contribution is -2.29. The zero-order valence-electron chi connectivity index (χ0n) is 12.3. The van der Waals surface area contributed by atoms with E-state index in [1.165, 1.54) is 5.56 Å². The van der Waals surface area contributed by atoms with Gasteiger partial charge in [-0.3, -0.25) is 4.79 Å². The minimum Gasteiger partial charge on any atom is -0.356 e. The molecule has 0 heterocycles. The first-order valence-electron chi connectivity index (χ1n) is 7.11. The van der Waals surface area contributed by atoms with Crippen LogP contribution < -0.4 is 11.1 Å². The summed E-state index contributed by atoms with van der Waals surface area (Å²) in [7, 11) is 0. The Labute approximate surface area is 116 Å². The summed E-state index contributed by atoms with van der Waals surface area (Å²) in [5.41, 5.74) is 7.80. The highest BCUT2D eigenvalue weighted by molar-refractivity contribution is 5.83. The maximum absolute atomic E-state index is 11.9. The Bertz CT molecular complexity index is 384. The number of benzene rings is 1. The Morgan fingerprint density at radius 2 is 1.84 bits per heavy atom. The normalized spacial score (nSPS) is 12.5. The molecule has 0 bridgehead atoms. The van der Waals surface area contributed by atoms with Crippen LogP contribution in [-0.2, 0) is 11.2 Å². The van der Waals surface area contributed by atoms with E-state index >= 15 is 0 Å². The largest absolute Gasteiger partial charge is 0.356 e. The molecule has 1 rings (SSSR count). The van der Waals surface area contributed by atoms with Gasteiger partial charge in [-0.25, -0.2) is 0 Å². The summed E-state index contributed by atoms with van der Waals surface area (Å²) >= 11 is 0. The van der Waals surface area contributed by atoms with Crippen molar-refractivity contribution in [1.82, 2.24) is 5.32 Å². The molecule has 0 saturated carbocycles. The molecule has 1 unspecified atom stereocenters. The van der Waals surface area contributed by atoms with Crippen molar-refractivity contribution in [1.29, 1.82) is 0 Å². The smallest absolute Gasteiger partial charge is 0.227 e. The third-order valence-electron chi connectivity index (χ3n) is 3.20. The molecule has 3 nitrogen and oxygen atoms in total. The first-order chi connectivity index (χ1) is 9.04. The summed E-state index contributed by atoms with van der Waals surface area (Å²) in [4.78, 5) is 11.9. The van der Waals surface area contributed by atoms with Crippen LogP contribution in [0.5, 0.6) is 0 Å². The summed E-state index contributed by atoms with van der Waals surface area (Å²) in [5, 5.41) is 2.91. The van der Waals surface area contributed by atoms with Gasteiger partial charge in [0.05, 0.1) is 5.92 Å². The average Bonchev–Trinajstić information content (AvgIpc) is 2.38. The summed E-state index contributed by atoms with van der Waals surface area (Å²) in [5.74, 6) is 0.624. The van der Waals surface area contributed by atoms with Gasteiger partial charge in [-0.2, -0.15) is 0 Å². The van der Waals surface area contributed by atoms with E-state index in [-0.39, 0.29) is 11.8 Å². The second kappa shape index (κ2) is 7.95. The van der Waals surface area contributed by atoms with Crippen molar-refractivity contribution in [2.24, 2.45) is 11.7 Å². The maximum atomic E-state index is 11.9. The summed E-state index contributed by atoms with van der Waals surface area (Å²) in [6.45, 7) is 7.63. The van der Waals surface area contributed by atoms with Gasteiger partial charge in [0.25, 0.3) is 0 Å². The molecule has 0 aliphatic carbocycles. The van der Waals surface area contributed by atoms with Gasteiger partial charge in [0.2, 0.25) is 5.91 Å². The van der Waals surface area contributed by atoms with E-state index in [2.05, 4.69) is 43.4 Å². The van der Waals surface area contributed by atoms with Crippen LogP contribution in [0.4, 0.5) is 0 Å². The van der Waals surface area contributed by atoms with Crippen LogP contribution in [0, 0.1) is 5.92 Å². The fourth-order valence-electron chi connectivity index (χ4n) is 2.03. The van der Waals surface area contributed by atoms with E-state index in [0.717, 1.165) is 18.4 Å². The van der Waals surface area contributed by atoms with E-state index in [0.29, 0.717) is 19.0 Å². The maximum Gasteiger partial charge on any atom is 0.227 e. The molecular formula is C16H26N2O. The van der Waals surface area contributed by atoms with Crippen molar-refractivity contribution in [2.45, 2.75) is 39.5 Å². The number of nitrogens with two attached hydrogens (primary N) is 1. The van der Waals surface area contributed by atoms with Gasteiger partial charge in [-0.1, -0.05) is 38.1 Å². The second-order valence-electron chi connectivity index (χ2n) is 5.49. The number of rotatable bonds is 7. The number of hydrogen-bond acceptors (Lipinski definition) is 2. The van der Waals surface area contributed by atoms with Gasteiger partial charge in [0.15, 0.2) is 0 Å².